The summed E-state index contributed by atoms with van der Waals surface area (Å²) in [5.41, 5.74) is 4.69. The van der Waals surface area contributed by atoms with Gasteiger partial charge in [-0.2, -0.15) is 16.4 Å². The zero-order chi connectivity index (χ0) is 17.9. The smallest absolute Gasteiger partial charge is 0.161 e. The van der Waals surface area contributed by atoms with Gasteiger partial charge in [-0.05, 0) is 53.1 Å². The number of nitrogens with zero attached hydrogens (tertiary/aromatic N) is 3. The lowest BCUT2D eigenvalue weighted by molar-refractivity contribution is 0.261. The topological polar surface area (TPSA) is 39.5 Å². The summed E-state index contributed by atoms with van der Waals surface area (Å²) in [7, 11) is 3.31. The predicted molar refractivity (Wildman–Crippen MR) is 104 cm³/mol. The number of hydrogen-bond donors (Lipinski definition) is 0. The number of thiophene rings is 1. The summed E-state index contributed by atoms with van der Waals surface area (Å²) >= 11 is 1.76. The fourth-order valence-electron chi connectivity index (χ4n) is 3.44. The van der Waals surface area contributed by atoms with E-state index < -0.39 is 0 Å². The van der Waals surface area contributed by atoms with Gasteiger partial charge in [0.15, 0.2) is 11.5 Å². The summed E-state index contributed by atoms with van der Waals surface area (Å²) in [6, 6.07) is 10.4. The minimum Gasteiger partial charge on any atom is -0.493 e. The first kappa shape index (κ1) is 17.1. The summed E-state index contributed by atoms with van der Waals surface area (Å²) in [6.45, 7) is 3.99. The number of aryl methyl sites for hydroxylation is 1. The van der Waals surface area contributed by atoms with E-state index >= 15 is 0 Å². The summed E-state index contributed by atoms with van der Waals surface area (Å²) in [5, 5.41) is 9.22. The Balaban J connectivity index is 1.58. The van der Waals surface area contributed by atoms with Crippen molar-refractivity contribution in [2.24, 2.45) is 0 Å². The second-order valence-electron chi connectivity index (χ2n) is 6.51. The first-order chi connectivity index (χ1) is 12.8. The highest BCUT2D eigenvalue weighted by atomic mass is 32.1. The van der Waals surface area contributed by atoms with E-state index in [9.17, 15) is 0 Å². The van der Waals surface area contributed by atoms with E-state index in [0.717, 1.165) is 55.4 Å². The Labute approximate surface area is 157 Å². The van der Waals surface area contributed by atoms with Gasteiger partial charge in [0.2, 0.25) is 0 Å². The van der Waals surface area contributed by atoms with E-state index in [1.807, 2.05) is 18.2 Å². The van der Waals surface area contributed by atoms with Gasteiger partial charge in [-0.3, -0.25) is 9.58 Å². The molecule has 0 fully saturated rings. The fraction of sp³-hybridized carbons (Fsp3) is 0.350. The standard InChI is InChI=1S/C20H23N3O2S/c1-24-19-5-4-16(10-20(19)25-2)18-11-17-13-22(7-3-8-23(17)21-18)12-15-6-9-26-14-15/h4-6,9-11,14H,3,7-8,12-13H2,1-2H3. The zero-order valence-corrected chi connectivity index (χ0v) is 16.0. The lowest BCUT2D eigenvalue weighted by atomic mass is 10.1. The molecule has 0 amide bonds. The largest absolute Gasteiger partial charge is 0.493 e. The Hall–Kier alpha value is -2.31. The Kier molecular flexibility index (Phi) is 4.95. The van der Waals surface area contributed by atoms with E-state index in [4.69, 9.17) is 14.6 Å². The van der Waals surface area contributed by atoms with Crippen LogP contribution >= 0.6 is 11.3 Å². The molecule has 0 saturated heterocycles. The molecule has 1 aromatic carbocycles. The van der Waals surface area contributed by atoms with Gasteiger partial charge in [-0.25, -0.2) is 0 Å². The predicted octanol–water partition coefficient (Wildman–Crippen LogP) is 4.03. The molecule has 5 nitrogen and oxygen atoms in total. The minimum atomic E-state index is 0.729. The second kappa shape index (κ2) is 7.51. The molecule has 0 radical (unpaired) electrons. The minimum absolute atomic E-state index is 0.729. The quantitative estimate of drug-likeness (QED) is 0.681. The number of benzene rings is 1. The maximum atomic E-state index is 5.43. The highest BCUT2D eigenvalue weighted by molar-refractivity contribution is 7.07. The fourth-order valence-corrected chi connectivity index (χ4v) is 4.10. The van der Waals surface area contributed by atoms with Gasteiger partial charge in [-0.1, -0.05) is 0 Å². The third-order valence-electron chi connectivity index (χ3n) is 4.76. The summed E-state index contributed by atoms with van der Waals surface area (Å²) in [4.78, 5) is 2.50. The van der Waals surface area contributed by atoms with E-state index in [1.54, 1.807) is 25.6 Å². The highest BCUT2D eigenvalue weighted by Crippen LogP contribution is 2.32. The van der Waals surface area contributed by atoms with Crippen molar-refractivity contribution in [3.63, 3.8) is 0 Å². The van der Waals surface area contributed by atoms with Crippen LogP contribution in [0.5, 0.6) is 11.5 Å². The van der Waals surface area contributed by atoms with Crippen LogP contribution in [0.1, 0.15) is 17.7 Å². The molecule has 3 heterocycles. The normalized spacial score (nSPS) is 14.7. The molecule has 0 N–H and O–H groups in total. The lowest BCUT2D eigenvalue weighted by Crippen LogP contribution is -2.22. The highest BCUT2D eigenvalue weighted by Gasteiger charge is 2.18. The summed E-state index contributed by atoms with van der Waals surface area (Å²) < 4.78 is 12.9. The molecular formula is C20H23N3O2S. The maximum Gasteiger partial charge on any atom is 0.161 e. The Morgan fingerprint density at radius 3 is 2.73 bits per heavy atom. The van der Waals surface area contributed by atoms with E-state index in [2.05, 4.69) is 32.5 Å². The van der Waals surface area contributed by atoms with Gasteiger partial charge < -0.3 is 9.47 Å². The maximum absolute atomic E-state index is 5.43. The van der Waals surface area contributed by atoms with Crippen molar-refractivity contribution < 1.29 is 9.47 Å². The van der Waals surface area contributed by atoms with E-state index in [-0.39, 0.29) is 0 Å². The SMILES string of the molecule is COc1ccc(-c2cc3n(n2)CCCN(Cc2ccsc2)C3)cc1OC. The third-order valence-corrected chi connectivity index (χ3v) is 5.49. The molecule has 0 atom stereocenters. The second-order valence-corrected chi connectivity index (χ2v) is 7.29. The number of fused-ring (bicyclic) bond motifs is 1. The van der Waals surface area contributed by atoms with E-state index in [1.165, 1.54) is 11.3 Å². The molecule has 2 aromatic heterocycles. The van der Waals surface area contributed by atoms with Crippen LogP contribution in [0.2, 0.25) is 0 Å². The van der Waals surface area contributed by atoms with Crippen LogP contribution in [0.4, 0.5) is 0 Å². The van der Waals surface area contributed by atoms with Gasteiger partial charge >= 0.3 is 0 Å². The van der Waals surface area contributed by atoms with Crippen LogP contribution in [-0.4, -0.2) is 35.4 Å². The molecule has 0 spiro atoms. The van der Waals surface area contributed by atoms with Crippen molar-refractivity contribution in [2.75, 3.05) is 20.8 Å². The molecule has 136 valence electrons. The molecule has 6 heteroatoms. The van der Waals surface area contributed by atoms with Crippen molar-refractivity contribution in [3.8, 4) is 22.8 Å². The number of methoxy groups -OCH3 is 2. The van der Waals surface area contributed by atoms with Crippen LogP contribution in [0.3, 0.4) is 0 Å². The number of ether oxygens (including phenoxy) is 2. The van der Waals surface area contributed by atoms with Gasteiger partial charge in [0.25, 0.3) is 0 Å². The zero-order valence-electron chi connectivity index (χ0n) is 15.1. The van der Waals surface area contributed by atoms with Crippen LogP contribution in [-0.2, 0) is 19.6 Å². The molecule has 3 aromatic rings. The van der Waals surface area contributed by atoms with Crippen molar-refractivity contribution in [1.82, 2.24) is 14.7 Å². The molecule has 4 rings (SSSR count). The summed E-state index contributed by atoms with van der Waals surface area (Å²) in [5.74, 6) is 1.46. The number of aromatic nitrogens is 2. The molecule has 0 aliphatic carbocycles. The Morgan fingerprint density at radius 2 is 1.96 bits per heavy atom. The molecule has 26 heavy (non-hydrogen) atoms. The van der Waals surface area contributed by atoms with Crippen molar-refractivity contribution >= 4 is 11.3 Å². The van der Waals surface area contributed by atoms with Gasteiger partial charge in [0.05, 0.1) is 25.6 Å². The average molecular weight is 369 g/mol. The molecule has 1 aliphatic rings. The van der Waals surface area contributed by atoms with Crippen molar-refractivity contribution in [2.45, 2.75) is 26.1 Å². The Bertz CT molecular complexity index is 873. The van der Waals surface area contributed by atoms with E-state index in [0.29, 0.717) is 0 Å². The number of rotatable bonds is 5. The number of hydrogen-bond acceptors (Lipinski definition) is 5. The molecule has 0 bridgehead atoms. The van der Waals surface area contributed by atoms with Gasteiger partial charge in [-0.15, -0.1) is 0 Å². The molecule has 1 aliphatic heterocycles. The monoisotopic (exact) mass is 369 g/mol. The van der Waals surface area contributed by atoms with Gasteiger partial charge in [0.1, 0.15) is 0 Å². The average Bonchev–Trinajstić information content (AvgIpc) is 3.27. The van der Waals surface area contributed by atoms with Crippen LogP contribution in [0.15, 0.2) is 41.1 Å². The van der Waals surface area contributed by atoms with Crippen LogP contribution < -0.4 is 9.47 Å². The summed E-state index contributed by atoms with van der Waals surface area (Å²) in [6.07, 6.45) is 1.12. The third kappa shape index (κ3) is 3.48. The first-order valence-electron chi connectivity index (χ1n) is 8.79. The van der Waals surface area contributed by atoms with Crippen molar-refractivity contribution in [1.29, 1.82) is 0 Å². The molecular weight excluding hydrogens is 346 g/mol. The molecule has 0 unspecified atom stereocenters. The van der Waals surface area contributed by atoms with Crippen LogP contribution in [0, 0.1) is 0 Å². The lowest BCUT2D eigenvalue weighted by Gasteiger charge is -2.18. The van der Waals surface area contributed by atoms with Crippen molar-refractivity contribution in [3.05, 3.63) is 52.3 Å². The molecule has 0 saturated carbocycles. The van der Waals surface area contributed by atoms with Gasteiger partial charge in [0, 0.05) is 31.7 Å². The first-order valence-corrected chi connectivity index (χ1v) is 9.73. The Morgan fingerprint density at radius 1 is 1.08 bits per heavy atom. The van der Waals surface area contributed by atoms with Crippen LogP contribution in [0.25, 0.3) is 11.3 Å².